The minimum Gasteiger partial charge on any atom is -0.0622 e. The topological polar surface area (TPSA) is 0 Å². The Bertz CT molecular complexity index is 3300. The number of benzene rings is 10. The van der Waals surface area contributed by atoms with Gasteiger partial charge in [0.25, 0.3) is 0 Å². The summed E-state index contributed by atoms with van der Waals surface area (Å²) in [5.41, 5.74) is 16.1. The van der Waals surface area contributed by atoms with Gasteiger partial charge in [-0.05, 0) is 89.1 Å². The van der Waals surface area contributed by atoms with Crippen molar-refractivity contribution in [2.24, 2.45) is 0 Å². The Morgan fingerprint density at radius 2 is 0.437 bits per heavy atom. The van der Waals surface area contributed by atoms with Crippen molar-refractivity contribution in [1.29, 1.82) is 0 Å². The van der Waals surface area contributed by atoms with E-state index in [0.29, 0.717) is 0 Å². The fraction of sp³-hybridized carbons (Fsp3) is 0.0423. The lowest BCUT2D eigenvalue weighted by Crippen LogP contribution is -2.61. The van der Waals surface area contributed by atoms with Crippen LogP contribution in [0.3, 0.4) is 0 Å². The van der Waals surface area contributed by atoms with Gasteiger partial charge in [0.05, 0.1) is 16.2 Å². The van der Waals surface area contributed by atoms with Crippen LogP contribution in [0.2, 0.25) is 0 Å². The Labute approximate surface area is 418 Å². The van der Waals surface area contributed by atoms with Crippen LogP contribution in [-0.4, -0.2) is 0 Å². The van der Waals surface area contributed by atoms with Crippen molar-refractivity contribution in [3.63, 3.8) is 0 Å². The third-order valence-electron chi connectivity index (χ3n) is 15.0. The third-order valence-corrected chi connectivity index (χ3v) is 15.0. The van der Waals surface area contributed by atoms with Gasteiger partial charge in [0.2, 0.25) is 0 Å². The highest BCUT2D eigenvalue weighted by molar-refractivity contribution is 6.25. The van der Waals surface area contributed by atoms with Crippen molar-refractivity contribution >= 4 is 33.4 Å². The van der Waals surface area contributed by atoms with E-state index in [9.17, 15) is 0 Å². The van der Waals surface area contributed by atoms with Crippen LogP contribution in [-0.2, 0) is 16.2 Å². The molecule has 336 valence electrons. The average Bonchev–Trinajstić information content (AvgIpc) is 4.03. The molecule has 0 aliphatic heterocycles. The lowest BCUT2D eigenvalue weighted by molar-refractivity contribution is 0.305. The Morgan fingerprint density at radius 3 is 0.718 bits per heavy atom. The molecule has 0 amide bonds. The number of rotatable bonds is 12. The number of hydrogen-bond acceptors (Lipinski definition) is 0. The molecule has 2 atom stereocenters. The van der Waals surface area contributed by atoms with Gasteiger partial charge in [0, 0.05) is 0 Å². The van der Waals surface area contributed by atoms with Crippen molar-refractivity contribution in [3.8, 4) is 0 Å². The highest BCUT2D eigenvalue weighted by Gasteiger charge is 2.70. The first kappa shape index (κ1) is 43.4. The maximum atomic E-state index is 2.70. The van der Waals surface area contributed by atoms with E-state index in [0.717, 1.165) is 22.3 Å². The predicted octanol–water partition coefficient (Wildman–Crippen LogP) is 17.3. The molecule has 0 spiro atoms. The van der Waals surface area contributed by atoms with Gasteiger partial charge < -0.3 is 0 Å². The average molecular weight is 905 g/mol. The Hall–Kier alpha value is -8.84. The molecule has 0 saturated heterocycles. The summed E-state index contributed by atoms with van der Waals surface area (Å²) in [5.74, 6) is 0. The summed E-state index contributed by atoms with van der Waals surface area (Å²) < 4.78 is 0. The molecule has 71 heavy (non-hydrogen) atoms. The fourth-order valence-corrected chi connectivity index (χ4v) is 12.5. The fourth-order valence-electron chi connectivity index (χ4n) is 12.5. The standard InChI is InChI=1S/C71H52/c1-11-31-53(32-12-1)63-51-69(59-43-23-7-24-44-59,67(57-39-19-5-20-40-57)65(63)55-35-15-3-16-36-55)71(61-47-27-9-28-48-61,62-49-29-10-30-50-62)70(60-45-25-8-26-46-60)52-64(54-33-13-2-14-34-54)66(56-37-17-4-18-38-56)68(70)58-41-21-6-22-42-58/h1-52H. The van der Waals surface area contributed by atoms with E-state index in [1.54, 1.807) is 0 Å². The second kappa shape index (κ2) is 18.6. The van der Waals surface area contributed by atoms with Crippen LogP contribution in [0.25, 0.3) is 33.4 Å². The Balaban J connectivity index is 1.44. The lowest BCUT2D eigenvalue weighted by atomic mass is 9.39. The lowest BCUT2D eigenvalue weighted by Gasteiger charge is -2.60. The summed E-state index contributed by atoms with van der Waals surface area (Å²) in [7, 11) is 0. The van der Waals surface area contributed by atoms with Crippen molar-refractivity contribution in [2.45, 2.75) is 16.2 Å². The number of hydrogen-bond donors (Lipinski definition) is 0. The molecule has 12 rings (SSSR count). The van der Waals surface area contributed by atoms with E-state index in [-0.39, 0.29) is 0 Å². The van der Waals surface area contributed by atoms with Gasteiger partial charge in [-0.25, -0.2) is 0 Å². The van der Waals surface area contributed by atoms with Crippen LogP contribution in [0.5, 0.6) is 0 Å². The molecule has 0 N–H and O–H groups in total. The molecule has 0 saturated carbocycles. The van der Waals surface area contributed by atoms with Crippen molar-refractivity contribution in [1.82, 2.24) is 0 Å². The first-order valence-electron chi connectivity index (χ1n) is 24.8. The van der Waals surface area contributed by atoms with E-state index in [1.807, 2.05) is 0 Å². The smallest absolute Gasteiger partial charge is 0.0555 e. The molecule has 0 heterocycles. The highest BCUT2D eigenvalue weighted by Crippen LogP contribution is 2.74. The monoisotopic (exact) mass is 904 g/mol. The van der Waals surface area contributed by atoms with E-state index in [4.69, 9.17) is 0 Å². The molecular weight excluding hydrogens is 853 g/mol. The van der Waals surface area contributed by atoms with Gasteiger partial charge in [0.1, 0.15) is 0 Å². The van der Waals surface area contributed by atoms with E-state index in [2.05, 4.69) is 315 Å². The molecular formula is C71H52. The van der Waals surface area contributed by atoms with Crippen LogP contribution >= 0.6 is 0 Å². The summed E-state index contributed by atoms with van der Waals surface area (Å²) in [5, 5.41) is 0. The van der Waals surface area contributed by atoms with Gasteiger partial charge >= 0.3 is 0 Å². The van der Waals surface area contributed by atoms with Crippen molar-refractivity contribution in [3.05, 3.63) is 371 Å². The molecule has 10 aromatic carbocycles. The largest absolute Gasteiger partial charge is 0.0622 e. The van der Waals surface area contributed by atoms with Gasteiger partial charge in [-0.15, -0.1) is 0 Å². The quantitative estimate of drug-likeness (QED) is 0.115. The summed E-state index contributed by atoms with van der Waals surface area (Å²) in [4.78, 5) is 0. The van der Waals surface area contributed by atoms with Gasteiger partial charge in [-0.1, -0.05) is 315 Å². The van der Waals surface area contributed by atoms with Crippen LogP contribution in [0.1, 0.15) is 55.6 Å². The van der Waals surface area contributed by atoms with Gasteiger partial charge in [-0.3, -0.25) is 0 Å². The number of allylic oxidation sites excluding steroid dienone is 8. The molecule has 0 bridgehead atoms. The zero-order valence-electron chi connectivity index (χ0n) is 39.5. The van der Waals surface area contributed by atoms with Crippen LogP contribution in [0, 0.1) is 0 Å². The SMILES string of the molecule is C1=C(c2ccccc2)C(c2ccccc2)=C(c2ccccc2)C1(c1ccccc1)C(c1ccccc1)(c1ccccc1)C1(c2ccccc2)C=C(c2ccccc2)C(c2ccccc2)=C1c1ccccc1. The first-order chi connectivity index (χ1) is 35.3. The summed E-state index contributed by atoms with van der Waals surface area (Å²) in [6.45, 7) is 0. The third kappa shape index (κ3) is 6.98. The molecule has 0 aromatic heterocycles. The molecule has 2 unspecified atom stereocenters. The second-order valence-electron chi connectivity index (χ2n) is 18.6. The zero-order chi connectivity index (χ0) is 47.5. The van der Waals surface area contributed by atoms with E-state index >= 15 is 0 Å². The maximum absolute atomic E-state index is 2.70. The normalized spacial score (nSPS) is 17.7. The second-order valence-corrected chi connectivity index (χ2v) is 18.6. The van der Waals surface area contributed by atoms with Gasteiger partial charge in [-0.2, -0.15) is 0 Å². The minimum absolute atomic E-state index is 0.977. The molecule has 2 aliphatic rings. The Morgan fingerprint density at radius 1 is 0.211 bits per heavy atom. The highest BCUT2D eigenvalue weighted by atomic mass is 14.7. The maximum Gasteiger partial charge on any atom is 0.0555 e. The van der Waals surface area contributed by atoms with Gasteiger partial charge in [0.15, 0.2) is 0 Å². The summed E-state index contributed by atoms with van der Waals surface area (Å²) in [6.07, 6.45) is 5.40. The predicted molar refractivity (Wildman–Crippen MR) is 298 cm³/mol. The van der Waals surface area contributed by atoms with Crippen LogP contribution < -0.4 is 0 Å². The minimum atomic E-state index is -1.03. The molecule has 10 aromatic rings. The molecule has 2 aliphatic carbocycles. The van der Waals surface area contributed by atoms with Crippen LogP contribution in [0.15, 0.2) is 315 Å². The zero-order valence-corrected chi connectivity index (χ0v) is 39.5. The molecule has 0 fully saturated rings. The summed E-state index contributed by atoms with van der Waals surface area (Å²) >= 11 is 0. The summed E-state index contributed by atoms with van der Waals surface area (Å²) in [6, 6.07) is 113. The Kier molecular flexibility index (Phi) is 11.4. The van der Waals surface area contributed by atoms with Crippen molar-refractivity contribution < 1.29 is 0 Å². The van der Waals surface area contributed by atoms with Crippen molar-refractivity contribution in [2.75, 3.05) is 0 Å². The first-order valence-corrected chi connectivity index (χ1v) is 24.8. The molecule has 0 radical (unpaired) electrons. The molecule has 0 nitrogen and oxygen atoms in total. The van der Waals surface area contributed by atoms with Crippen LogP contribution in [0.4, 0.5) is 0 Å². The molecule has 0 heteroatoms. The van der Waals surface area contributed by atoms with E-state index in [1.165, 1.54) is 66.8 Å². The van der Waals surface area contributed by atoms with E-state index < -0.39 is 16.2 Å².